The lowest BCUT2D eigenvalue weighted by molar-refractivity contribution is -0.119. The van der Waals surface area contributed by atoms with Crippen LogP contribution < -0.4 is 20.5 Å². The number of methoxy groups -OCH3 is 1. The van der Waals surface area contributed by atoms with Gasteiger partial charge in [0, 0.05) is 25.2 Å². The van der Waals surface area contributed by atoms with Crippen molar-refractivity contribution in [3.8, 4) is 11.5 Å². The molecule has 2 amide bonds. The van der Waals surface area contributed by atoms with Crippen LogP contribution in [0.5, 0.6) is 11.5 Å². The zero-order chi connectivity index (χ0) is 21.3. The van der Waals surface area contributed by atoms with Crippen LogP contribution in [0.4, 0.5) is 0 Å². The Balaban J connectivity index is 1.75. The molecule has 0 radical (unpaired) electrons. The van der Waals surface area contributed by atoms with E-state index in [4.69, 9.17) is 19.9 Å². The first-order valence-electron chi connectivity index (χ1n) is 9.82. The first-order chi connectivity index (χ1) is 14.6. The second kappa shape index (κ2) is 10.6. The lowest BCUT2D eigenvalue weighted by Crippen LogP contribution is -2.43. The summed E-state index contributed by atoms with van der Waals surface area (Å²) >= 11 is 0. The molecule has 1 saturated heterocycles. The lowest BCUT2D eigenvalue weighted by Gasteiger charge is -2.31. The average Bonchev–Trinajstić information content (AvgIpc) is 2.78. The maximum atomic E-state index is 13.0. The fraction of sp³-hybridized carbons (Fsp3) is 0.364. The molecule has 1 heterocycles. The van der Waals surface area contributed by atoms with Crippen LogP contribution in [-0.2, 0) is 9.53 Å². The summed E-state index contributed by atoms with van der Waals surface area (Å²) in [6.07, 6.45) is 0. The van der Waals surface area contributed by atoms with Crippen LogP contribution in [0.1, 0.15) is 22.0 Å². The van der Waals surface area contributed by atoms with Gasteiger partial charge >= 0.3 is 0 Å². The number of morpholine rings is 1. The van der Waals surface area contributed by atoms with Gasteiger partial charge in [0.15, 0.2) is 18.1 Å². The molecular weight excluding hydrogens is 386 g/mol. The molecule has 3 N–H and O–H groups in total. The highest BCUT2D eigenvalue weighted by molar-refractivity contribution is 5.95. The summed E-state index contributed by atoms with van der Waals surface area (Å²) in [5, 5.41) is 3.13. The van der Waals surface area contributed by atoms with Crippen molar-refractivity contribution in [1.82, 2.24) is 10.2 Å². The van der Waals surface area contributed by atoms with Gasteiger partial charge in [-0.2, -0.15) is 0 Å². The third kappa shape index (κ3) is 5.95. The largest absolute Gasteiger partial charge is 0.493 e. The number of rotatable bonds is 9. The number of hydrogen-bond acceptors (Lipinski definition) is 6. The number of primary amides is 1. The zero-order valence-electron chi connectivity index (χ0n) is 17.0. The Hall–Kier alpha value is -3.10. The Bertz CT molecular complexity index is 853. The van der Waals surface area contributed by atoms with E-state index in [-0.39, 0.29) is 18.6 Å². The fourth-order valence-electron chi connectivity index (χ4n) is 3.28. The zero-order valence-corrected chi connectivity index (χ0v) is 17.0. The molecule has 8 heteroatoms. The van der Waals surface area contributed by atoms with Crippen molar-refractivity contribution >= 4 is 11.8 Å². The topological polar surface area (TPSA) is 103 Å². The second-order valence-corrected chi connectivity index (χ2v) is 6.97. The van der Waals surface area contributed by atoms with Gasteiger partial charge in [0.1, 0.15) is 0 Å². The molecule has 0 bridgehead atoms. The summed E-state index contributed by atoms with van der Waals surface area (Å²) in [5.41, 5.74) is 6.58. The summed E-state index contributed by atoms with van der Waals surface area (Å²) in [7, 11) is 1.47. The Labute approximate surface area is 175 Å². The summed E-state index contributed by atoms with van der Waals surface area (Å²) < 4.78 is 16.1. The molecule has 8 nitrogen and oxygen atoms in total. The highest BCUT2D eigenvalue weighted by atomic mass is 16.5. The quantitative estimate of drug-likeness (QED) is 0.644. The summed E-state index contributed by atoms with van der Waals surface area (Å²) in [4.78, 5) is 26.2. The maximum Gasteiger partial charge on any atom is 0.255 e. The Morgan fingerprint density at radius 3 is 2.53 bits per heavy atom. The van der Waals surface area contributed by atoms with E-state index in [1.54, 1.807) is 18.2 Å². The van der Waals surface area contributed by atoms with Gasteiger partial charge < -0.3 is 25.3 Å². The number of carbonyl (C=O) groups excluding carboxylic acids is 2. The molecule has 2 aromatic rings. The van der Waals surface area contributed by atoms with Crippen molar-refractivity contribution in [3.63, 3.8) is 0 Å². The van der Waals surface area contributed by atoms with Gasteiger partial charge in [0.25, 0.3) is 11.8 Å². The molecule has 0 aliphatic carbocycles. The molecule has 1 atom stereocenters. The number of benzene rings is 2. The van der Waals surface area contributed by atoms with Crippen LogP contribution in [0.3, 0.4) is 0 Å². The van der Waals surface area contributed by atoms with Gasteiger partial charge in [0.05, 0.1) is 26.4 Å². The second-order valence-electron chi connectivity index (χ2n) is 6.97. The summed E-state index contributed by atoms with van der Waals surface area (Å²) in [5.74, 6) is -0.112. The van der Waals surface area contributed by atoms with E-state index >= 15 is 0 Å². The smallest absolute Gasteiger partial charge is 0.255 e. The highest BCUT2D eigenvalue weighted by Gasteiger charge is 2.21. The number of nitrogens with zero attached hydrogens (tertiary/aromatic N) is 1. The minimum absolute atomic E-state index is 0.173. The molecule has 0 aromatic heterocycles. The van der Waals surface area contributed by atoms with E-state index < -0.39 is 5.91 Å². The van der Waals surface area contributed by atoms with Crippen molar-refractivity contribution in [2.75, 3.05) is 46.6 Å². The van der Waals surface area contributed by atoms with Crippen molar-refractivity contribution < 1.29 is 23.8 Å². The van der Waals surface area contributed by atoms with Crippen LogP contribution in [0, 0.1) is 0 Å². The minimum Gasteiger partial charge on any atom is -0.493 e. The molecule has 0 unspecified atom stereocenters. The van der Waals surface area contributed by atoms with E-state index in [0.717, 1.165) is 18.7 Å². The number of nitrogens with one attached hydrogen (secondary N) is 1. The van der Waals surface area contributed by atoms with Crippen molar-refractivity contribution in [2.45, 2.75) is 6.04 Å². The standard InChI is InChI=1S/C22H27N3O5/c1-28-20-13-17(7-8-19(20)30-15-21(23)26)22(27)24-18(16-5-3-2-4-6-16)14-25-9-11-29-12-10-25/h2-8,13,18H,9-12,14-15H2,1H3,(H2,23,26)(H,24,27)/t18-/m0/s1. The third-order valence-electron chi connectivity index (χ3n) is 4.85. The molecule has 1 aliphatic heterocycles. The van der Waals surface area contributed by atoms with Gasteiger partial charge in [-0.15, -0.1) is 0 Å². The van der Waals surface area contributed by atoms with E-state index in [1.165, 1.54) is 7.11 Å². The first kappa shape index (κ1) is 21.6. The molecule has 160 valence electrons. The number of carbonyl (C=O) groups is 2. The number of hydrogen-bond donors (Lipinski definition) is 2. The Morgan fingerprint density at radius 2 is 1.87 bits per heavy atom. The van der Waals surface area contributed by atoms with Crippen LogP contribution in [0.15, 0.2) is 48.5 Å². The van der Waals surface area contributed by atoms with Crippen LogP contribution in [0.25, 0.3) is 0 Å². The minimum atomic E-state index is -0.590. The third-order valence-corrected chi connectivity index (χ3v) is 4.85. The molecule has 1 aliphatic rings. The van der Waals surface area contributed by atoms with Gasteiger partial charge in [0.2, 0.25) is 0 Å². The molecule has 0 saturated carbocycles. The van der Waals surface area contributed by atoms with Crippen molar-refractivity contribution in [1.29, 1.82) is 0 Å². The maximum absolute atomic E-state index is 13.0. The van der Waals surface area contributed by atoms with Gasteiger partial charge in [-0.05, 0) is 23.8 Å². The molecule has 1 fully saturated rings. The van der Waals surface area contributed by atoms with Gasteiger partial charge in [-0.1, -0.05) is 30.3 Å². The average molecular weight is 413 g/mol. The van der Waals surface area contributed by atoms with E-state index in [2.05, 4.69) is 10.2 Å². The summed E-state index contributed by atoms with van der Waals surface area (Å²) in [6, 6.07) is 14.5. The first-order valence-corrected chi connectivity index (χ1v) is 9.82. The molecule has 3 rings (SSSR count). The van der Waals surface area contributed by atoms with Crippen molar-refractivity contribution in [2.24, 2.45) is 5.73 Å². The molecular formula is C22H27N3O5. The SMILES string of the molecule is COc1cc(C(=O)N[C@@H](CN2CCOCC2)c2ccccc2)ccc1OCC(N)=O. The van der Waals surface area contributed by atoms with Crippen LogP contribution in [-0.4, -0.2) is 63.3 Å². The van der Waals surface area contributed by atoms with E-state index in [9.17, 15) is 9.59 Å². The highest BCUT2D eigenvalue weighted by Crippen LogP contribution is 2.28. The number of ether oxygens (including phenoxy) is 3. The normalized spacial score (nSPS) is 15.2. The van der Waals surface area contributed by atoms with Crippen LogP contribution in [0.2, 0.25) is 0 Å². The van der Waals surface area contributed by atoms with Gasteiger partial charge in [-0.25, -0.2) is 0 Å². The van der Waals surface area contributed by atoms with E-state index in [0.29, 0.717) is 36.8 Å². The fourth-order valence-corrected chi connectivity index (χ4v) is 3.28. The predicted molar refractivity (Wildman–Crippen MR) is 112 cm³/mol. The summed E-state index contributed by atoms with van der Waals surface area (Å²) in [6.45, 7) is 3.48. The Morgan fingerprint density at radius 1 is 1.13 bits per heavy atom. The number of nitrogens with two attached hydrogens (primary N) is 1. The van der Waals surface area contributed by atoms with Crippen LogP contribution >= 0.6 is 0 Å². The monoisotopic (exact) mass is 413 g/mol. The lowest BCUT2D eigenvalue weighted by atomic mass is 10.0. The predicted octanol–water partition coefficient (Wildman–Crippen LogP) is 1.36. The molecule has 2 aromatic carbocycles. The molecule has 0 spiro atoms. The number of amides is 2. The Kier molecular flexibility index (Phi) is 7.64. The van der Waals surface area contributed by atoms with Crippen molar-refractivity contribution in [3.05, 3.63) is 59.7 Å². The van der Waals surface area contributed by atoms with Gasteiger partial charge in [-0.3, -0.25) is 14.5 Å². The van der Waals surface area contributed by atoms with E-state index in [1.807, 2.05) is 30.3 Å². The molecule has 30 heavy (non-hydrogen) atoms.